The molecule has 2 aromatic heterocycles. The van der Waals surface area contributed by atoms with E-state index in [1.165, 1.54) is 0 Å². The van der Waals surface area contributed by atoms with E-state index in [2.05, 4.69) is 20.6 Å². The number of carbonyl (C=O) groups is 1. The Bertz CT molecular complexity index is 1540. The number of methoxy groups -OCH3 is 1. The Morgan fingerprint density at radius 1 is 0.919 bits per heavy atom. The molecule has 9 heteroatoms. The maximum atomic E-state index is 12.6. The monoisotopic (exact) mass is 493 g/mol. The maximum absolute atomic E-state index is 12.6. The number of nitrogens with two attached hydrogens (primary N) is 2. The molecule has 0 saturated heterocycles. The fourth-order valence-corrected chi connectivity index (χ4v) is 4.04. The van der Waals surface area contributed by atoms with Gasteiger partial charge in [-0.3, -0.25) is 4.79 Å². The molecule has 2 heterocycles. The number of benzene rings is 3. The number of aromatic nitrogens is 3. The van der Waals surface area contributed by atoms with Crippen molar-refractivity contribution in [1.29, 1.82) is 0 Å². The van der Waals surface area contributed by atoms with Crippen molar-refractivity contribution in [1.82, 2.24) is 14.5 Å². The smallest absolute Gasteiger partial charge is 0.255 e. The molecule has 0 atom stereocenters. The first kappa shape index (κ1) is 23.7. The number of carbonyl (C=O) groups excluding carboxylic acids is 1. The summed E-state index contributed by atoms with van der Waals surface area (Å²) in [4.78, 5) is 21.5. The lowest BCUT2D eigenvalue weighted by atomic mass is 10.1. The molecule has 0 saturated carbocycles. The molecule has 5 rings (SSSR count). The molecule has 6 N–H and O–H groups in total. The van der Waals surface area contributed by atoms with E-state index in [-0.39, 0.29) is 11.9 Å². The average Bonchev–Trinajstić information content (AvgIpc) is 3.31. The number of hydrogen-bond acceptors (Lipinski definition) is 7. The predicted molar refractivity (Wildman–Crippen MR) is 147 cm³/mol. The van der Waals surface area contributed by atoms with Gasteiger partial charge in [0.2, 0.25) is 5.95 Å². The Kier molecular flexibility index (Phi) is 6.58. The normalized spacial score (nSPS) is 10.8. The number of ether oxygens (including phenoxy) is 1. The van der Waals surface area contributed by atoms with Gasteiger partial charge in [-0.25, -0.2) is 0 Å². The van der Waals surface area contributed by atoms with Gasteiger partial charge in [0.1, 0.15) is 17.2 Å². The molecule has 186 valence electrons. The summed E-state index contributed by atoms with van der Waals surface area (Å²) in [5.41, 5.74) is 16.4. The van der Waals surface area contributed by atoms with Crippen molar-refractivity contribution in [3.63, 3.8) is 0 Å². The predicted octanol–water partition coefficient (Wildman–Crippen LogP) is 4.52. The van der Waals surface area contributed by atoms with Gasteiger partial charge in [0.15, 0.2) is 0 Å². The van der Waals surface area contributed by atoms with E-state index in [4.69, 9.17) is 16.2 Å². The zero-order chi connectivity index (χ0) is 25.8. The van der Waals surface area contributed by atoms with Crippen molar-refractivity contribution in [3.05, 3.63) is 102 Å². The summed E-state index contributed by atoms with van der Waals surface area (Å²) in [5.74, 6) is 1.45. The standard InChI is InChI=1S/C28H27N7O2/c1-37-21-12-8-18(9-13-21)16-31-25-22-14-15-35(26(22)34-28(30)33-25)17-19-6-10-20(11-7-19)27(36)32-24-5-3-2-4-23(24)29/h2-15H,16-17,29H2,1H3,(H,32,36)(H3,30,31,33,34). The van der Waals surface area contributed by atoms with Crippen LogP contribution in [0.25, 0.3) is 11.0 Å². The molecular weight excluding hydrogens is 466 g/mol. The molecule has 1 amide bonds. The Balaban J connectivity index is 1.30. The van der Waals surface area contributed by atoms with Crippen LogP contribution in [-0.2, 0) is 13.1 Å². The maximum Gasteiger partial charge on any atom is 0.255 e. The van der Waals surface area contributed by atoms with Gasteiger partial charge >= 0.3 is 0 Å². The van der Waals surface area contributed by atoms with Crippen molar-refractivity contribution in [2.75, 3.05) is 29.2 Å². The van der Waals surface area contributed by atoms with E-state index >= 15 is 0 Å². The Morgan fingerprint density at radius 3 is 2.38 bits per heavy atom. The van der Waals surface area contributed by atoms with Gasteiger partial charge in [-0.15, -0.1) is 0 Å². The molecule has 0 spiro atoms. The lowest BCUT2D eigenvalue weighted by Crippen LogP contribution is -2.13. The summed E-state index contributed by atoms with van der Waals surface area (Å²) in [6, 6.07) is 24.4. The third-order valence-electron chi connectivity index (χ3n) is 6.03. The summed E-state index contributed by atoms with van der Waals surface area (Å²) < 4.78 is 7.22. The first-order chi connectivity index (χ1) is 18.0. The number of anilines is 4. The van der Waals surface area contributed by atoms with Crippen molar-refractivity contribution in [2.45, 2.75) is 13.1 Å². The molecule has 37 heavy (non-hydrogen) atoms. The lowest BCUT2D eigenvalue weighted by molar-refractivity contribution is 0.102. The molecule has 0 aliphatic rings. The SMILES string of the molecule is COc1ccc(CNc2nc(N)nc3c2ccn3Cc2ccc(C(=O)Nc3ccccc3N)cc2)cc1. The largest absolute Gasteiger partial charge is 0.497 e. The molecule has 0 fully saturated rings. The molecule has 9 nitrogen and oxygen atoms in total. The van der Waals surface area contributed by atoms with E-state index in [9.17, 15) is 4.79 Å². The van der Waals surface area contributed by atoms with Crippen LogP contribution in [0.15, 0.2) is 85.1 Å². The molecule has 0 unspecified atom stereocenters. The van der Waals surface area contributed by atoms with Gasteiger partial charge in [0.25, 0.3) is 5.91 Å². The Labute approximate surface area is 214 Å². The fraction of sp³-hybridized carbons (Fsp3) is 0.107. The minimum atomic E-state index is -0.219. The molecule has 0 aliphatic heterocycles. The number of rotatable bonds is 8. The van der Waals surface area contributed by atoms with Gasteiger partial charge in [0, 0.05) is 24.8 Å². The van der Waals surface area contributed by atoms with Crippen molar-refractivity contribution in [2.24, 2.45) is 0 Å². The van der Waals surface area contributed by atoms with Gasteiger partial charge < -0.3 is 31.4 Å². The van der Waals surface area contributed by atoms with Crippen LogP contribution in [0.5, 0.6) is 5.75 Å². The summed E-state index contributed by atoms with van der Waals surface area (Å²) >= 11 is 0. The van der Waals surface area contributed by atoms with Gasteiger partial charge in [-0.05, 0) is 53.6 Å². The topological polar surface area (TPSA) is 133 Å². The third kappa shape index (κ3) is 5.30. The first-order valence-corrected chi connectivity index (χ1v) is 11.7. The van der Waals surface area contributed by atoms with E-state index in [1.54, 1.807) is 31.4 Å². The van der Waals surface area contributed by atoms with Gasteiger partial charge in [0.05, 0.1) is 23.9 Å². The lowest BCUT2D eigenvalue weighted by Gasteiger charge is -2.11. The minimum Gasteiger partial charge on any atom is -0.497 e. The number of nitrogens with zero attached hydrogens (tertiary/aromatic N) is 3. The summed E-state index contributed by atoms with van der Waals surface area (Å²) in [6.07, 6.45) is 1.95. The van der Waals surface area contributed by atoms with Gasteiger partial charge in [-0.1, -0.05) is 36.4 Å². The second-order valence-electron chi connectivity index (χ2n) is 8.55. The molecular formula is C28H27N7O2. The van der Waals surface area contributed by atoms with Crippen LogP contribution >= 0.6 is 0 Å². The highest BCUT2D eigenvalue weighted by atomic mass is 16.5. The van der Waals surface area contributed by atoms with Crippen molar-refractivity contribution in [3.8, 4) is 5.75 Å². The van der Waals surface area contributed by atoms with E-state index in [1.807, 2.05) is 65.4 Å². The quantitative estimate of drug-likeness (QED) is 0.234. The van der Waals surface area contributed by atoms with E-state index < -0.39 is 0 Å². The molecule has 3 aromatic carbocycles. The van der Waals surface area contributed by atoms with E-state index in [0.717, 1.165) is 27.9 Å². The highest BCUT2D eigenvalue weighted by Gasteiger charge is 2.12. The number of nitrogens with one attached hydrogen (secondary N) is 2. The van der Waals surface area contributed by atoms with Crippen LogP contribution in [0.2, 0.25) is 0 Å². The highest BCUT2D eigenvalue weighted by molar-refractivity contribution is 6.05. The second-order valence-corrected chi connectivity index (χ2v) is 8.55. The summed E-state index contributed by atoms with van der Waals surface area (Å²) in [5, 5.41) is 7.08. The van der Waals surface area contributed by atoms with Crippen LogP contribution in [0.1, 0.15) is 21.5 Å². The molecule has 0 bridgehead atoms. The molecule has 0 aliphatic carbocycles. The number of para-hydroxylation sites is 2. The molecule has 5 aromatic rings. The average molecular weight is 494 g/mol. The highest BCUT2D eigenvalue weighted by Crippen LogP contribution is 2.24. The zero-order valence-corrected chi connectivity index (χ0v) is 20.3. The molecule has 0 radical (unpaired) electrons. The number of nitrogen functional groups attached to an aromatic ring is 2. The van der Waals surface area contributed by atoms with Crippen LogP contribution in [0, 0.1) is 0 Å². The van der Waals surface area contributed by atoms with Crippen LogP contribution in [-0.4, -0.2) is 27.6 Å². The van der Waals surface area contributed by atoms with Crippen LogP contribution in [0.4, 0.5) is 23.1 Å². The van der Waals surface area contributed by atoms with Crippen molar-refractivity contribution >= 4 is 40.1 Å². The zero-order valence-electron chi connectivity index (χ0n) is 20.3. The van der Waals surface area contributed by atoms with Crippen LogP contribution < -0.4 is 26.8 Å². The first-order valence-electron chi connectivity index (χ1n) is 11.7. The van der Waals surface area contributed by atoms with Gasteiger partial charge in [-0.2, -0.15) is 9.97 Å². The summed E-state index contributed by atoms with van der Waals surface area (Å²) in [6.45, 7) is 1.14. The second kappa shape index (κ2) is 10.3. The Hall–Kier alpha value is -5.05. The number of hydrogen-bond donors (Lipinski definition) is 4. The van der Waals surface area contributed by atoms with Crippen LogP contribution in [0.3, 0.4) is 0 Å². The Morgan fingerprint density at radius 2 is 1.65 bits per heavy atom. The summed E-state index contributed by atoms with van der Waals surface area (Å²) in [7, 11) is 1.64. The minimum absolute atomic E-state index is 0.192. The van der Waals surface area contributed by atoms with E-state index in [0.29, 0.717) is 35.8 Å². The fourth-order valence-electron chi connectivity index (χ4n) is 4.04. The number of fused-ring (bicyclic) bond motifs is 1. The third-order valence-corrected chi connectivity index (χ3v) is 6.03. The van der Waals surface area contributed by atoms with Crippen molar-refractivity contribution < 1.29 is 9.53 Å². The number of amides is 1.